The van der Waals surface area contributed by atoms with E-state index in [0.717, 1.165) is 25.1 Å². The van der Waals surface area contributed by atoms with Crippen molar-refractivity contribution >= 4 is 0 Å². The molecule has 1 atom stereocenters. The smallest absolute Gasteiger partial charge is 0.125 e. The third-order valence-corrected chi connectivity index (χ3v) is 4.48. The zero-order valence-electron chi connectivity index (χ0n) is 15.3. The van der Waals surface area contributed by atoms with Crippen LogP contribution in [0.5, 0.6) is 5.75 Å². The highest BCUT2D eigenvalue weighted by Crippen LogP contribution is 2.33. The number of hydrogen-bond acceptors (Lipinski definition) is 4. The van der Waals surface area contributed by atoms with Crippen LogP contribution in [0.15, 0.2) is 48.5 Å². The molecule has 4 heteroatoms. The van der Waals surface area contributed by atoms with Gasteiger partial charge in [0.25, 0.3) is 0 Å². The minimum Gasteiger partial charge on any atom is -0.492 e. The normalized spacial score (nSPS) is 13.3. The quantitative estimate of drug-likeness (QED) is 0.798. The molecule has 0 aliphatic heterocycles. The predicted octanol–water partition coefficient (Wildman–Crippen LogP) is 3.65. The molecule has 0 aromatic heterocycles. The Morgan fingerprint density at radius 2 is 1.88 bits per heavy atom. The molecule has 2 N–H and O–H groups in total. The Labute approximate surface area is 150 Å². The number of likely N-dealkylation sites (N-methyl/N-ethyl adjacent to an activating group) is 1. The first-order valence-electron chi connectivity index (χ1n) is 8.65. The number of nitrogens with two attached hydrogens (primary N) is 1. The molecule has 0 aliphatic carbocycles. The van der Waals surface area contributed by atoms with Gasteiger partial charge >= 0.3 is 0 Å². The Hall–Kier alpha value is -2.35. The summed E-state index contributed by atoms with van der Waals surface area (Å²) in [6, 6.07) is 18.1. The first-order valence-corrected chi connectivity index (χ1v) is 8.65. The minimum absolute atomic E-state index is 0.547. The fraction of sp³-hybridized carbons (Fsp3) is 0.381. The third kappa shape index (κ3) is 5.06. The molecule has 0 fully saturated rings. The minimum atomic E-state index is -0.586. The Morgan fingerprint density at radius 3 is 2.52 bits per heavy atom. The molecule has 0 bridgehead atoms. The molecule has 2 rings (SSSR count). The van der Waals surface area contributed by atoms with Gasteiger partial charge in [-0.1, -0.05) is 43.3 Å². The predicted molar refractivity (Wildman–Crippen MR) is 101 cm³/mol. The van der Waals surface area contributed by atoms with Crippen LogP contribution in [0.2, 0.25) is 0 Å². The van der Waals surface area contributed by atoms with Crippen LogP contribution in [0.3, 0.4) is 0 Å². The van der Waals surface area contributed by atoms with Crippen LogP contribution in [0.25, 0.3) is 0 Å². The van der Waals surface area contributed by atoms with E-state index in [1.807, 2.05) is 44.2 Å². The van der Waals surface area contributed by atoms with Gasteiger partial charge in [0.05, 0.1) is 11.6 Å². The summed E-state index contributed by atoms with van der Waals surface area (Å²) in [7, 11) is 2.07. The molecule has 0 aliphatic rings. The third-order valence-electron chi connectivity index (χ3n) is 4.48. The molecule has 0 heterocycles. The van der Waals surface area contributed by atoms with Gasteiger partial charge in [0.2, 0.25) is 0 Å². The highest BCUT2D eigenvalue weighted by molar-refractivity contribution is 5.50. The summed E-state index contributed by atoms with van der Waals surface area (Å²) in [5.74, 6) is 0.707. The standard InChI is InChI=1S/C21H27N3O/c1-4-21(2,23)20-18(15-22)11-8-12-19(20)25-14-13-24(3)16-17-9-6-5-7-10-17/h5-12H,4,13-14,16,23H2,1-3H3. The zero-order chi connectivity index (χ0) is 18.3. The van der Waals surface area contributed by atoms with Gasteiger partial charge in [0.1, 0.15) is 12.4 Å². The maximum atomic E-state index is 9.41. The van der Waals surface area contributed by atoms with Gasteiger partial charge in [-0.3, -0.25) is 4.90 Å². The van der Waals surface area contributed by atoms with Gasteiger partial charge in [-0.25, -0.2) is 0 Å². The van der Waals surface area contributed by atoms with Crippen molar-refractivity contribution in [3.8, 4) is 11.8 Å². The van der Waals surface area contributed by atoms with Crippen molar-refractivity contribution in [1.29, 1.82) is 5.26 Å². The number of rotatable bonds is 8. The highest BCUT2D eigenvalue weighted by Gasteiger charge is 2.26. The van der Waals surface area contributed by atoms with Crippen molar-refractivity contribution in [1.82, 2.24) is 4.90 Å². The number of nitrogens with zero attached hydrogens (tertiary/aromatic N) is 2. The molecule has 2 aromatic rings. The number of nitriles is 1. The Bertz CT molecular complexity index is 720. The summed E-state index contributed by atoms with van der Waals surface area (Å²) in [5, 5.41) is 9.41. The number of ether oxygens (including phenoxy) is 1. The summed E-state index contributed by atoms with van der Waals surface area (Å²) < 4.78 is 6.00. The van der Waals surface area contributed by atoms with Crippen molar-refractivity contribution in [3.63, 3.8) is 0 Å². The molecule has 0 amide bonds. The SMILES string of the molecule is CCC(C)(N)c1c(C#N)cccc1OCCN(C)Cc1ccccc1. The van der Waals surface area contributed by atoms with Gasteiger partial charge in [0, 0.05) is 24.2 Å². The lowest BCUT2D eigenvalue weighted by Crippen LogP contribution is -2.34. The topological polar surface area (TPSA) is 62.3 Å². The van der Waals surface area contributed by atoms with Crippen LogP contribution < -0.4 is 10.5 Å². The average molecular weight is 337 g/mol. The first kappa shape index (κ1) is 19.0. The molecule has 0 saturated carbocycles. The van der Waals surface area contributed by atoms with Gasteiger partial charge < -0.3 is 10.5 Å². The Balaban J connectivity index is 2.02. The molecule has 2 aromatic carbocycles. The monoisotopic (exact) mass is 337 g/mol. The molecule has 132 valence electrons. The second kappa shape index (κ2) is 8.66. The molecule has 1 unspecified atom stereocenters. The van der Waals surface area contributed by atoms with E-state index >= 15 is 0 Å². The van der Waals surface area contributed by atoms with Crippen LogP contribution in [0, 0.1) is 11.3 Å². The number of hydrogen-bond donors (Lipinski definition) is 1. The maximum absolute atomic E-state index is 9.41. The second-order valence-electron chi connectivity index (χ2n) is 6.63. The van der Waals surface area contributed by atoms with E-state index in [4.69, 9.17) is 10.5 Å². The molecule has 0 saturated heterocycles. The first-order chi connectivity index (χ1) is 12.0. The fourth-order valence-electron chi connectivity index (χ4n) is 2.80. The number of benzene rings is 2. The van der Waals surface area contributed by atoms with Crippen LogP contribution in [-0.4, -0.2) is 25.1 Å². The molecule has 25 heavy (non-hydrogen) atoms. The van der Waals surface area contributed by atoms with E-state index in [-0.39, 0.29) is 0 Å². The lowest BCUT2D eigenvalue weighted by molar-refractivity contribution is 0.228. The van der Waals surface area contributed by atoms with E-state index in [2.05, 4.69) is 30.1 Å². The molecular weight excluding hydrogens is 310 g/mol. The van der Waals surface area contributed by atoms with E-state index in [0.29, 0.717) is 17.9 Å². The van der Waals surface area contributed by atoms with Crippen molar-refractivity contribution in [2.45, 2.75) is 32.4 Å². The lowest BCUT2D eigenvalue weighted by atomic mass is 9.86. The fourth-order valence-corrected chi connectivity index (χ4v) is 2.80. The molecule has 0 radical (unpaired) electrons. The maximum Gasteiger partial charge on any atom is 0.125 e. The van der Waals surface area contributed by atoms with Gasteiger partial charge in [-0.2, -0.15) is 5.26 Å². The van der Waals surface area contributed by atoms with E-state index in [1.165, 1.54) is 5.56 Å². The van der Waals surface area contributed by atoms with E-state index < -0.39 is 5.54 Å². The molecule has 0 spiro atoms. The molecule has 4 nitrogen and oxygen atoms in total. The Kier molecular flexibility index (Phi) is 6.58. The summed E-state index contributed by atoms with van der Waals surface area (Å²) >= 11 is 0. The van der Waals surface area contributed by atoms with Crippen molar-refractivity contribution < 1.29 is 4.74 Å². The van der Waals surface area contributed by atoms with E-state index in [9.17, 15) is 5.26 Å². The van der Waals surface area contributed by atoms with Crippen molar-refractivity contribution in [2.24, 2.45) is 5.73 Å². The van der Waals surface area contributed by atoms with Gasteiger partial charge in [-0.15, -0.1) is 0 Å². The largest absolute Gasteiger partial charge is 0.492 e. The summed E-state index contributed by atoms with van der Waals surface area (Å²) in [6.07, 6.45) is 0.732. The van der Waals surface area contributed by atoms with Crippen LogP contribution in [-0.2, 0) is 12.1 Å². The average Bonchev–Trinajstić information content (AvgIpc) is 2.62. The summed E-state index contributed by atoms with van der Waals surface area (Å²) in [4.78, 5) is 2.21. The van der Waals surface area contributed by atoms with Gasteiger partial charge in [0.15, 0.2) is 0 Å². The van der Waals surface area contributed by atoms with Crippen LogP contribution in [0.1, 0.15) is 37.0 Å². The van der Waals surface area contributed by atoms with Crippen LogP contribution >= 0.6 is 0 Å². The second-order valence-corrected chi connectivity index (χ2v) is 6.63. The van der Waals surface area contributed by atoms with Crippen molar-refractivity contribution in [3.05, 3.63) is 65.2 Å². The summed E-state index contributed by atoms with van der Waals surface area (Å²) in [6.45, 7) is 6.17. The highest BCUT2D eigenvalue weighted by atomic mass is 16.5. The van der Waals surface area contributed by atoms with Crippen molar-refractivity contribution in [2.75, 3.05) is 20.2 Å². The zero-order valence-corrected chi connectivity index (χ0v) is 15.3. The summed E-state index contributed by atoms with van der Waals surface area (Å²) in [5.41, 5.74) is 8.48. The lowest BCUT2D eigenvalue weighted by Gasteiger charge is -2.27. The van der Waals surface area contributed by atoms with Gasteiger partial charge in [-0.05, 0) is 38.1 Å². The van der Waals surface area contributed by atoms with E-state index in [1.54, 1.807) is 6.07 Å². The Morgan fingerprint density at radius 1 is 1.16 bits per heavy atom. The molecular formula is C21H27N3O. The van der Waals surface area contributed by atoms with Crippen LogP contribution in [0.4, 0.5) is 0 Å².